The molecule has 3 N–H and O–H groups in total. The fourth-order valence-electron chi connectivity index (χ4n) is 2.36. The van der Waals surface area contributed by atoms with Crippen molar-refractivity contribution < 1.29 is 13.2 Å². The van der Waals surface area contributed by atoms with Crippen LogP contribution in [0, 0.1) is 5.92 Å². The lowest BCUT2D eigenvalue weighted by Gasteiger charge is -2.27. The van der Waals surface area contributed by atoms with Gasteiger partial charge in [-0.05, 0) is 38.5 Å². The first-order valence-corrected chi connectivity index (χ1v) is 9.39. The zero-order valence-corrected chi connectivity index (χ0v) is 15.9. The van der Waals surface area contributed by atoms with Crippen molar-refractivity contribution in [2.24, 2.45) is 5.92 Å². The van der Waals surface area contributed by atoms with E-state index in [1.54, 1.807) is 45.0 Å². The lowest BCUT2D eigenvalue weighted by Crippen LogP contribution is -2.48. The van der Waals surface area contributed by atoms with Gasteiger partial charge >= 0.3 is 0 Å². The third-order valence-corrected chi connectivity index (χ3v) is 5.06. The summed E-state index contributed by atoms with van der Waals surface area (Å²) in [4.78, 5) is 12.1. The maximum Gasteiger partial charge on any atom is 0.251 e. The molecule has 136 valence electrons. The number of carbonyl (C=O) groups is 1. The van der Waals surface area contributed by atoms with Crippen LogP contribution in [-0.2, 0) is 15.8 Å². The van der Waals surface area contributed by atoms with Crippen molar-refractivity contribution in [2.75, 3.05) is 19.6 Å². The van der Waals surface area contributed by atoms with E-state index < -0.39 is 15.6 Å². The highest BCUT2D eigenvalue weighted by atomic mass is 35.5. The van der Waals surface area contributed by atoms with Gasteiger partial charge in [-0.1, -0.05) is 12.1 Å². The standard InChI is InChI=1S/C16H25N3O3S.ClH/c1-16(2,3)19-23(21,22)11-12-5-4-6-14(7-12)15(20)18-10-13-8-17-9-13;/h4-7,13,17,19H,8-11H2,1-3H3,(H,18,20);1H. The lowest BCUT2D eigenvalue weighted by atomic mass is 10.0. The Labute approximate surface area is 150 Å². The number of rotatable bonds is 6. The van der Waals surface area contributed by atoms with Crippen LogP contribution in [0.2, 0.25) is 0 Å². The fraction of sp³-hybridized carbons (Fsp3) is 0.562. The molecule has 0 saturated carbocycles. The summed E-state index contributed by atoms with van der Waals surface area (Å²) in [5, 5.41) is 6.04. The van der Waals surface area contributed by atoms with E-state index in [0.29, 0.717) is 23.6 Å². The SMILES string of the molecule is CC(C)(C)NS(=O)(=O)Cc1cccc(C(=O)NCC2CNC2)c1.Cl. The molecule has 1 aromatic rings. The van der Waals surface area contributed by atoms with E-state index in [2.05, 4.69) is 15.4 Å². The van der Waals surface area contributed by atoms with Gasteiger partial charge in [0.2, 0.25) is 10.0 Å². The van der Waals surface area contributed by atoms with Crippen LogP contribution in [0.25, 0.3) is 0 Å². The Balaban J connectivity index is 0.00000288. The van der Waals surface area contributed by atoms with E-state index in [4.69, 9.17) is 0 Å². The summed E-state index contributed by atoms with van der Waals surface area (Å²) >= 11 is 0. The molecule has 0 radical (unpaired) electrons. The van der Waals surface area contributed by atoms with E-state index in [0.717, 1.165) is 13.1 Å². The van der Waals surface area contributed by atoms with Crippen LogP contribution in [0.1, 0.15) is 36.7 Å². The van der Waals surface area contributed by atoms with Crippen molar-refractivity contribution in [1.82, 2.24) is 15.4 Å². The van der Waals surface area contributed by atoms with E-state index in [1.165, 1.54) is 0 Å². The normalized spacial score (nSPS) is 15.3. The van der Waals surface area contributed by atoms with Gasteiger partial charge in [-0.15, -0.1) is 12.4 Å². The van der Waals surface area contributed by atoms with Gasteiger partial charge in [-0.25, -0.2) is 13.1 Å². The minimum absolute atomic E-state index is 0. The van der Waals surface area contributed by atoms with Crippen molar-refractivity contribution in [2.45, 2.75) is 32.1 Å². The molecule has 1 amide bonds. The van der Waals surface area contributed by atoms with Crippen LogP contribution in [0.3, 0.4) is 0 Å². The van der Waals surface area contributed by atoms with Gasteiger partial charge < -0.3 is 10.6 Å². The van der Waals surface area contributed by atoms with Crippen molar-refractivity contribution in [1.29, 1.82) is 0 Å². The highest BCUT2D eigenvalue weighted by molar-refractivity contribution is 7.88. The molecule has 1 fully saturated rings. The first kappa shape index (κ1) is 20.9. The van der Waals surface area contributed by atoms with E-state index >= 15 is 0 Å². The number of nitrogens with one attached hydrogen (secondary N) is 3. The summed E-state index contributed by atoms with van der Waals surface area (Å²) < 4.78 is 26.9. The molecule has 1 aromatic carbocycles. The minimum atomic E-state index is -3.45. The molecule has 0 unspecified atom stereocenters. The molecule has 0 aromatic heterocycles. The molecule has 0 bridgehead atoms. The number of sulfonamides is 1. The van der Waals surface area contributed by atoms with Crippen LogP contribution < -0.4 is 15.4 Å². The molecule has 2 rings (SSSR count). The Kier molecular flexibility index (Phi) is 7.22. The first-order chi connectivity index (χ1) is 10.6. The van der Waals surface area contributed by atoms with Gasteiger partial charge in [0, 0.05) is 36.7 Å². The quantitative estimate of drug-likeness (QED) is 0.698. The van der Waals surface area contributed by atoms with E-state index in [-0.39, 0.29) is 24.1 Å². The molecule has 6 nitrogen and oxygen atoms in total. The molecular weight excluding hydrogens is 350 g/mol. The number of benzene rings is 1. The van der Waals surface area contributed by atoms with Crippen molar-refractivity contribution >= 4 is 28.3 Å². The Morgan fingerprint density at radius 2 is 1.96 bits per heavy atom. The highest BCUT2D eigenvalue weighted by Crippen LogP contribution is 2.12. The Morgan fingerprint density at radius 3 is 2.50 bits per heavy atom. The summed E-state index contributed by atoms with van der Waals surface area (Å²) in [6, 6.07) is 6.76. The zero-order chi connectivity index (χ0) is 17.1. The molecule has 1 heterocycles. The Bertz CT molecular complexity index is 667. The molecule has 0 atom stereocenters. The summed E-state index contributed by atoms with van der Waals surface area (Å²) in [5.74, 6) is 0.177. The molecular formula is C16H26ClN3O3S. The monoisotopic (exact) mass is 375 g/mol. The predicted molar refractivity (Wildman–Crippen MR) is 97.9 cm³/mol. The summed E-state index contributed by atoms with van der Waals surface area (Å²) in [6.07, 6.45) is 0. The summed E-state index contributed by atoms with van der Waals surface area (Å²) in [5.41, 5.74) is 0.561. The third-order valence-electron chi connectivity index (χ3n) is 3.42. The second-order valence-electron chi connectivity index (χ2n) is 7.05. The minimum Gasteiger partial charge on any atom is -0.352 e. The van der Waals surface area contributed by atoms with Crippen molar-refractivity contribution in [3.63, 3.8) is 0 Å². The average Bonchev–Trinajstić information content (AvgIpc) is 2.33. The topological polar surface area (TPSA) is 87.3 Å². The van der Waals surface area contributed by atoms with Crippen LogP contribution >= 0.6 is 12.4 Å². The fourth-order valence-corrected chi connectivity index (χ4v) is 3.98. The number of halogens is 1. The van der Waals surface area contributed by atoms with Crippen LogP contribution in [0.4, 0.5) is 0 Å². The predicted octanol–water partition coefficient (Wildman–Crippen LogP) is 1.28. The van der Waals surface area contributed by atoms with Crippen molar-refractivity contribution in [3.8, 4) is 0 Å². The number of amides is 1. The zero-order valence-electron chi connectivity index (χ0n) is 14.3. The molecule has 1 saturated heterocycles. The van der Waals surface area contributed by atoms with E-state index in [1.807, 2.05) is 0 Å². The lowest BCUT2D eigenvalue weighted by molar-refractivity contribution is 0.0942. The maximum atomic E-state index is 12.1. The molecule has 24 heavy (non-hydrogen) atoms. The van der Waals surface area contributed by atoms with Crippen LogP contribution in [0.5, 0.6) is 0 Å². The molecule has 1 aliphatic rings. The third kappa shape index (κ3) is 6.76. The largest absolute Gasteiger partial charge is 0.352 e. The van der Waals surface area contributed by atoms with E-state index in [9.17, 15) is 13.2 Å². The van der Waals surface area contributed by atoms with Crippen LogP contribution in [0.15, 0.2) is 24.3 Å². The maximum absolute atomic E-state index is 12.1. The van der Waals surface area contributed by atoms with Gasteiger partial charge in [-0.2, -0.15) is 0 Å². The second-order valence-corrected chi connectivity index (χ2v) is 8.77. The van der Waals surface area contributed by atoms with Crippen LogP contribution in [-0.4, -0.2) is 39.5 Å². The van der Waals surface area contributed by atoms with Gasteiger partial charge in [0.05, 0.1) is 5.75 Å². The smallest absolute Gasteiger partial charge is 0.251 e. The molecule has 1 aliphatic heterocycles. The van der Waals surface area contributed by atoms with Gasteiger partial charge in [0.25, 0.3) is 5.91 Å². The number of hydrogen-bond donors (Lipinski definition) is 3. The Morgan fingerprint density at radius 1 is 1.29 bits per heavy atom. The number of hydrogen-bond acceptors (Lipinski definition) is 4. The Hall–Kier alpha value is -1.15. The summed E-state index contributed by atoms with van der Waals surface area (Å²) in [7, 11) is -3.45. The molecule has 0 spiro atoms. The second kappa shape index (κ2) is 8.29. The highest BCUT2D eigenvalue weighted by Gasteiger charge is 2.21. The first-order valence-electron chi connectivity index (χ1n) is 7.74. The average molecular weight is 376 g/mol. The molecule has 0 aliphatic carbocycles. The van der Waals surface area contributed by atoms with Crippen molar-refractivity contribution in [3.05, 3.63) is 35.4 Å². The molecule has 8 heteroatoms. The van der Waals surface area contributed by atoms with Gasteiger partial charge in [-0.3, -0.25) is 4.79 Å². The van der Waals surface area contributed by atoms with Gasteiger partial charge in [0.15, 0.2) is 0 Å². The van der Waals surface area contributed by atoms with Gasteiger partial charge in [0.1, 0.15) is 0 Å². The summed E-state index contributed by atoms with van der Waals surface area (Å²) in [6.45, 7) is 7.88. The number of carbonyl (C=O) groups excluding carboxylic acids is 1.